The Morgan fingerprint density at radius 1 is 1.12 bits per heavy atom. The van der Waals surface area contributed by atoms with Gasteiger partial charge in [0.2, 0.25) is 0 Å². The number of para-hydroxylation sites is 1. The van der Waals surface area contributed by atoms with Crippen molar-refractivity contribution in [2.45, 2.75) is 45.4 Å². The Hall–Kier alpha value is -2.10. The van der Waals surface area contributed by atoms with Crippen molar-refractivity contribution in [1.82, 2.24) is 10.4 Å². The first kappa shape index (κ1) is 15.2. The van der Waals surface area contributed by atoms with Crippen LogP contribution < -0.4 is 5.43 Å². The molecule has 0 spiro atoms. The number of hydrogen-bond acceptors (Lipinski definition) is 2. The fraction of sp³-hybridized carbons (Fsp3) is 0.524. The Labute approximate surface area is 148 Å². The van der Waals surface area contributed by atoms with Crippen LogP contribution in [0.4, 0.5) is 0 Å². The van der Waals surface area contributed by atoms with Gasteiger partial charge in [0.05, 0.1) is 5.56 Å². The zero-order valence-electron chi connectivity index (χ0n) is 14.7. The van der Waals surface area contributed by atoms with E-state index in [1.807, 2.05) is 24.3 Å². The van der Waals surface area contributed by atoms with Gasteiger partial charge in [0, 0.05) is 28.2 Å². The summed E-state index contributed by atoms with van der Waals surface area (Å²) in [5.41, 5.74) is 5.87. The van der Waals surface area contributed by atoms with Crippen LogP contribution in [0.25, 0.3) is 10.9 Å². The molecule has 4 saturated carbocycles. The Balaban J connectivity index is 1.37. The van der Waals surface area contributed by atoms with E-state index in [1.165, 1.54) is 38.5 Å². The van der Waals surface area contributed by atoms with E-state index in [0.717, 1.165) is 34.4 Å². The maximum absolute atomic E-state index is 12.6. The summed E-state index contributed by atoms with van der Waals surface area (Å²) in [5, 5.41) is 5.53. The monoisotopic (exact) mass is 335 g/mol. The van der Waals surface area contributed by atoms with Gasteiger partial charge >= 0.3 is 0 Å². The predicted octanol–water partition coefficient (Wildman–Crippen LogP) is 4.49. The maximum Gasteiger partial charge on any atom is 0.273 e. The van der Waals surface area contributed by atoms with Gasteiger partial charge in [-0.25, -0.2) is 5.43 Å². The first-order valence-electron chi connectivity index (χ1n) is 9.54. The second-order valence-electron chi connectivity index (χ2n) is 8.58. The lowest BCUT2D eigenvalue weighted by Crippen LogP contribution is -2.49. The molecule has 0 atom stereocenters. The molecule has 4 aliphatic rings. The van der Waals surface area contributed by atoms with Crippen LogP contribution in [0.3, 0.4) is 0 Å². The first-order chi connectivity index (χ1) is 12.1. The molecule has 0 saturated heterocycles. The van der Waals surface area contributed by atoms with Crippen molar-refractivity contribution < 1.29 is 4.79 Å². The number of carbonyl (C=O) groups is 1. The van der Waals surface area contributed by atoms with E-state index in [0.29, 0.717) is 5.56 Å². The average molecular weight is 335 g/mol. The zero-order chi connectivity index (χ0) is 17.0. The molecule has 2 N–H and O–H groups in total. The van der Waals surface area contributed by atoms with Crippen LogP contribution in [0, 0.1) is 23.2 Å². The molecule has 0 aliphatic heterocycles. The SMILES string of the molecule is CC(=NNC(=O)c1c[nH]c2ccccc12)C12CC3CC(CC(C3)C1)C2. The molecule has 4 aliphatic carbocycles. The first-order valence-corrected chi connectivity index (χ1v) is 9.54. The number of rotatable bonds is 3. The second kappa shape index (κ2) is 5.45. The summed E-state index contributed by atoms with van der Waals surface area (Å²) in [7, 11) is 0. The van der Waals surface area contributed by atoms with Crippen LogP contribution in [-0.4, -0.2) is 16.6 Å². The Bertz CT molecular complexity index is 828. The molecule has 6 rings (SSSR count). The molecule has 130 valence electrons. The van der Waals surface area contributed by atoms with Crippen molar-refractivity contribution in [3.63, 3.8) is 0 Å². The number of hydrazone groups is 1. The van der Waals surface area contributed by atoms with Crippen LogP contribution >= 0.6 is 0 Å². The van der Waals surface area contributed by atoms with Crippen molar-refractivity contribution in [3.8, 4) is 0 Å². The van der Waals surface area contributed by atoms with Crippen molar-refractivity contribution >= 4 is 22.5 Å². The third kappa shape index (κ3) is 2.42. The molecule has 1 aromatic heterocycles. The summed E-state index contributed by atoms with van der Waals surface area (Å²) >= 11 is 0. The van der Waals surface area contributed by atoms with Gasteiger partial charge in [-0.05, 0) is 69.3 Å². The van der Waals surface area contributed by atoms with Crippen molar-refractivity contribution in [3.05, 3.63) is 36.0 Å². The van der Waals surface area contributed by atoms with E-state index in [9.17, 15) is 4.79 Å². The summed E-state index contributed by atoms with van der Waals surface area (Å²) in [5.74, 6) is 2.55. The summed E-state index contributed by atoms with van der Waals surface area (Å²) in [6.07, 6.45) is 9.87. The standard InChI is InChI=1S/C21H25N3O/c1-13(21-9-14-6-15(10-21)8-16(7-14)11-21)23-24-20(25)18-12-22-19-5-3-2-4-17(18)19/h2-5,12,14-16,22H,6-11H2,1H3,(H,24,25). The highest BCUT2D eigenvalue weighted by molar-refractivity contribution is 6.07. The molecule has 4 nitrogen and oxygen atoms in total. The molecule has 0 unspecified atom stereocenters. The highest BCUT2D eigenvalue weighted by Crippen LogP contribution is 2.60. The topological polar surface area (TPSA) is 57.2 Å². The Morgan fingerprint density at radius 3 is 2.44 bits per heavy atom. The minimum atomic E-state index is -0.124. The molecular formula is C21H25N3O. The fourth-order valence-corrected chi connectivity index (χ4v) is 6.13. The van der Waals surface area contributed by atoms with Gasteiger partial charge in [0.25, 0.3) is 5.91 Å². The lowest BCUT2D eigenvalue weighted by Gasteiger charge is -2.56. The van der Waals surface area contributed by atoms with E-state index in [-0.39, 0.29) is 11.3 Å². The summed E-state index contributed by atoms with van der Waals surface area (Å²) in [6, 6.07) is 7.87. The van der Waals surface area contributed by atoms with Gasteiger partial charge in [-0.15, -0.1) is 0 Å². The van der Waals surface area contributed by atoms with E-state index in [4.69, 9.17) is 0 Å². The molecule has 2 aromatic rings. The quantitative estimate of drug-likeness (QED) is 0.630. The van der Waals surface area contributed by atoms with Gasteiger partial charge in [-0.1, -0.05) is 18.2 Å². The number of amides is 1. The van der Waals surface area contributed by atoms with E-state index >= 15 is 0 Å². The average Bonchev–Trinajstić information content (AvgIpc) is 3.02. The largest absolute Gasteiger partial charge is 0.360 e. The number of carbonyl (C=O) groups excluding carboxylic acids is 1. The molecular weight excluding hydrogens is 310 g/mol. The van der Waals surface area contributed by atoms with Crippen LogP contribution in [0.2, 0.25) is 0 Å². The van der Waals surface area contributed by atoms with Gasteiger partial charge < -0.3 is 4.98 Å². The third-order valence-corrected chi connectivity index (χ3v) is 6.96. The second-order valence-corrected chi connectivity index (χ2v) is 8.58. The number of H-pyrrole nitrogens is 1. The molecule has 1 amide bonds. The normalized spacial score (nSPS) is 33.8. The van der Waals surface area contributed by atoms with E-state index in [1.54, 1.807) is 6.20 Å². The number of nitrogens with one attached hydrogen (secondary N) is 2. The lowest BCUT2D eigenvalue weighted by molar-refractivity contribution is -0.0128. The van der Waals surface area contributed by atoms with Crippen LogP contribution in [-0.2, 0) is 0 Å². The van der Waals surface area contributed by atoms with Crippen LogP contribution in [0.15, 0.2) is 35.6 Å². The molecule has 1 aromatic carbocycles. The summed E-state index contributed by atoms with van der Waals surface area (Å²) in [6.45, 7) is 2.13. The summed E-state index contributed by atoms with van der Waals surface area (Å²) in [4.78, 5) is 15.8. The molecule has 4 heteroatoms. The van der Waals surface area contributed by atoms with Crippen molar-refractivity contribution in [2.75, 3.05) is 0 Å². The number of hydrogen-bond donors (Lipinski definition) is 2. The highest BCUT2D eigenvalue weighted by Gasteiger charge is 2.52. The number of aromatic nitrogens is 1. The minimum absolute atomic E-state index is 0.124. The number of aromatic amines is 1. The number of benzene rings is 1. The van der Waals surface area contributed by atoms with Gasteiger partial charge in [-0.3, -0.25) is 4.79 Å². The zero-order valence-corrected chi connectivity index (χ0v) is 14.7. The minimum Gasteiger partial charge on any atom is -0.360 e. The number of fused-ring (bicyclic) bond motifs is 1. The van der Waals surface area contributed by atoms with Crippen molar-refractivity contribution in [1.29, 1.82) is 0 Å². The van der Waals surface area contributed by atoms with Gasteiger partial charge in [-0.2, -0.15) is 5.10 Å². The van der Waals surface area contributed by atoms with E-state index in [2.05, 4.69) is 22.4 Å². The predicted molar refractivity (Wildman–Crippen MR) is 99.5 cm³/mol. The smallest absolute Gasteiger partial charge is 0.273 e. The molecule has 4 fully saturated rings. The molecule has 0 radical (unpaired) electrons. The fourth-order valence-electron chi connectivity index (χ4n) is 6.13. The van der Waals surface area contributed by atoms with Crippen LogP contribution in [0.5, 0.6) is 0 Å². The third-order valence-electron chi connectivity index (χ3n) is 6.96. The molecule has 25 heavy (non-hydrogen) atoms. The summed E-state index contributed by atoms with van der Waals surface area (Å²) < 4.78 is 0. The van der Waals surface area contributed by atoms with Gasteiger partial charge in [0.15, 0.2) is 0 Å². The van der Waals surface area contributed by atoms with E-state index < -0.39 is 0 Å². The molecule has 1 heterocycles. The number of nitrogens with zero attached hydrogens (tertiary/aromatic N) is 1. The van der Waals surface area contributed by atoms with Gasteiger partial charge in [0.1, 0.15) is 0 Å². The lowest BCUT2D eigenvalue weighted by atomic mass is 9.48. The highest BCUT2D eigenvalue weighted by atomic mass is 16.2. The van der Waals surface area contributed by atoms with Crippen molar-refractivity contribution in [2.24, 2.45) is 28.3 Å². The van der Waals surface area contributed by atoms with Crippen LogP contribution in [0.1, 0.15) is 55.8 Å². The molecule has 4 bridgehead atoms. The Morgan fingerprint density at radius 2 is 1.76 bits per heavy atom. The Kier molecular flexibility index (Phi) is 3.31. The maximum atomic E-state index is 12.6.